The standard InChI is InChI=1S/C16H31N5O4/c1-2-19-14(23)8-6-10-21-16(25)12-18-11-15(24)20-9-5-3-4-7-13(17)22/h18H,2-12H2,1H3,(H2,17,22)(H,19,23)(H,20,24)(H,21,25). The van der Waals surface area contributed by atoms with Gasteiger partial charge in [-0.1, -0.05) is 6.42 Å². The van der Waals surface area contributed by atoms with Gasteiger partial charge in [-0.2, -0.15) is 0 Å². The molecule has 0 aliphatic rings. The predicted molar refractivity (Wildman–Crippen MR) is 94.5 cm³/mol. The minimum atomic E-state index is -0.310. The second-order valence-corrected chi connectivity index (χ2v) is 5.64. The lowest BCUT2D eigenvalue weighted by Crippen LogP contribution is -2.40. The number of nitrogens with one attached hydrogen (secondary N) is 4. The van der Waals surface area contributed by atoms with Gasteiger partial charge in [-0.15, -0.1) is 0 Å². The third kappa shape index (κ3) is 16.5. The van der Waals surface area contributed by atoms with Crippen LogP contribution in [0.4, 0.5) is 0 Å². The molecule has 0 unspecified atom stereocenters. The first-order valence-electron chi connectivity index (χ1n) is 8.74. The van der Waals surface area contributed by atoms with Crippen molar-refractivity contribution in [2.75, 3.05) is 32.7 Å². The van der Waals surface area contributed by atoms with E-state index in [4.69, 9.17) is 5.73 Å². The molecular formula is C16H31N5O4. The summed E-state index contributed by atoms with van der Waals surface area (Å²) in [4.78, 5) is 44.8. The van der Waals surface area contributed by atoms with E-state index in [1.807, 2.05) is 6.92 Å². The van der Waals surface area contributed by atoms with E-state index < -0.39 is 0 Å². The summed E-state index contributed by atoms with van der Waals surface area (Å²) in [7, 11) is 0. The lowest BCUT2D eigenvalue weighted by Gasteiger charge is -2.08. The van der Waals surface area contributed by atoms with Gasteiger partial charge in [0.05, 0.1) is 13.1 Å². The highest BCUT2D eigenvalue weighted by Gasteiger charge is 2.04. The Morgan fingerprint density at radius 1 is 0.720 bits per heavy atom. The van der Waals surface area contributed by atoms with Crippen molar-refractivity contribution in [1.29, 1.82) is 0 Å². The minimum Gasteiger partial charge on any atom is -0.370 e. The van der Waals surface area contributed by atoms with Gasteiger partial charge >= 0.3 is 0 Å². The molecule has 0 aromatic rings. The molecule has 0 radical (unpaired) electrons. The molecule has 6 N–H and O–H groups in total. The average molecular weight is 357 g/mol. The number of hydrogen-bond acceptors (Lipinski definition) is 5. The van der Waals surface area contributed by atoms with E-state index in [1.54, 1.807) is 0 Å². The summed E-state index contributed by atoms with van der Waals surface area (Å²) in [5.41, 5.74) is 5.03. The van der Waals surface area contributed by atoms with Gasteiger partial charge in [-0.25, -0.2) is 0 Å². The van der Waals surface area contributed by atoms with E-state index in [9.17, 15) is 19.2 Å². The molecule has 0 atom stereocenters. The Morgan fingerprint density at radius 3 is 1.88 bits per heavy atom. The highest BCUT2D eigenvalue weighted by atomic mass is 16.2. The van der Waals surface area contributed by atoms with E-state index in [1.165, 1.54) is 0 Å². The molecule has 0 aromatic carbocycles. The van der Waals surface area contributed by atoms with Crippen LogP contribution in [-0.4, -0.2) is 56.4 Å². The van der Waals surface area contributed by atoms with Crippen LogP contribution in [0.3, 0.4) is 0 Å². The predicted octanol–water partition coefficient (Wildman–Crippen LogP) is -1.23. The molecule has 0 aromatic heterocycles. The molecule has 0 aliphatic heterocycles. The maximum atomic E-state index is 11.5. The second kappa shape index (κ2) is 15.4. The molecule has 9 heteroatoms. The Balaban J connectivity index is 3.46. The van der Waals surface area contributed by atoms with Gasteiger partial charge < -0.3 is 21.7 Å². The molecule has 0 fully saturated rings. The lowest BCUT2D eigenvalue weighted by molar-refractivity contribution is -0.123. The number of hydrogen-bond donors (Lipinski definition) is 5. The Labute approximate surface area is 148 Å². The molecule has 0 spiro atoms. The zero-order valence-electron chi connectivity index (χ0n) is 15.0. The fraction of sp³-hybridized carbons (Fsp3) is 0.750. The van der Waals surface area contributed by atoms with Gasteiger partial charge in [0.15, 0.2) is 0 Å². The molecule has 0 rings (SSSR count). The third-order valence-electron chi connectivity index (χ3n) is 3.27. The lowest BCUT2D eigenvalue weighted by atomic mass is 10.2. The van der Waals surface area contributed by atoms with Crippen LogP contribution in [-0.2, 0) is 19.2 Å². The number of unbranched alkanes of at least 4 members (excludes halogenated alkanes) is 2. The van der Waals surface area contributed by atoms with E-state index in [0.717, 1.165) is 19.3 Å². The van der Waals surface area contributed by atoms with E-state index in [2.05, 4.69) is 21.3 Å². The van der Waals surface area contributed by atoms with E-state index >= 15 is 0 Å². The van der Waals surface area contributed by atoms with Gasteiger partial charge in [0.25, 0.3) is 0 Å². The number of nitrogens with two attached hydrogens (primary N) is 1. The molecule has 0 saturated carbocycles. The number of carbonyl (C=O) groups is 4. The molecular weight excluding hydrogens is 326 g/mol. The van der Waals surface area contributed by atoms with E-state index in [0.29, 0.717) is 38.9 Å². The molecule has 0 heterocycles. The SMILES string of the molecule is CCNC(=O)CCCNC(=O)CNCC(=O)NCCCCCC(N)=O. The van der Waals surface area contributed by atoms with Crippen LogP contribution in [0.25, 0.3) is 0 Å². The van der Waals surface area contributed by atoms with Crippen molar-refractivity contribution in [2.45, 2.75) is 45.4 Å². The van der Waals surface area contributed by atoms with Crippen LogP contribution < -0.4 is 27.0 Å². The first kappa shape index (κ1) is 22.8. The highest BCUT2D eigenvalue weighted by molar-refractivity contribution is 5.81. The molecule has 25 heavy (non-hydrogen) atoms. The summed E-state index contributed by atoms with van der Waals surface area (Å²) in [6, 6.07) is 0. The maximum absolute atomic E-state index is 11.5. The number of carbonyl (C=O) groups excluding carboxylic acids is 4. The van der Waals surface area contributed by atoms with Gasteiger partial charge in [0.1, 0.15) is 0 Å². The van der Waals surface area contributed by atoms with Crippen LogP contribution in [0.15, 0.2) is 0 Å². The summed E-state index contributed by atoms with van der Waals surface area (Å²) in [5.74, 6) is -0.731. The van der Waals surface area contributed by atoms with Crippen LogP contribution >= 0.6 is 0 Å². The molecule has 0 aliphatic carbocycles. The monoisotopic (exact) mass is 357 g/mol. The third-order valence-corrected chi connectivity index (χ3v) is 3.27. The van der Waals surface area contributed by atoms with Crippen molar-refractivity contribution in [3.8, 4) is 0 Å². The molecule has 4 amide bonds. The van der Waals surface area contributed by atoms with Crippen LogP contribution in [0.1, 0.15) is 45.4 Å². The zero-order chi connectivity index (χ0) is 18.9. The molecule has 0 bridgehead atoms. The van der Waals surface area contributed by atoms with Crippen molar-refractivity contribution >= 4 is 23.6 Å². The summed E-state index contributed by atoms with van der Waals surface area (Å²) in [5, 5.41) is 10.8. The normalized spacial score (nSPS) is 10.1. The van der Waals surface area contributed by atoms with Crippen LogP contribution in [0, 0.1) is 0 Å². The zero-order valence-corrected chi connectivity index (χ0v) is 15.0. The Morgan fingerprint density at radius 2 is 1.32 bits per heavy atom. The quantitative estimate of drug-likeness (QED) is 0.233. The van der Waals surface area contributed by atoms with E-state index in [-0.39, 0.29) is 36.7 Å². The summed E-state index contributed by atoms with van der Waals surface area (Å²) in [6.45, 7) is 3.53. The first-order chi connectivity index (χ1) is 12.0. The van der Waals surface area contributed by atoms with Crippen molar-refractivity contribution in [3.05, 3.63) is 0 Å². The van der Waals surface area contributed by atoms with Gasteiger partial charge in [-0.05, 0) is 26.2 Å². The van der Waals surface area contributed by atoms with Gasteiger partial charge in [0, 0.05) is 32.5 Å². The summed E-state index contributed by atoms with van der Waals surface area (Å²) >= 11 is 0. The summed E-state index contributed by atoms with van der Waals surface area (Å²) in [6.07, 6.45) is 3.66. The Hall–Kier alpha value is -2.16. The van der Waals surface area contributed by atoms with Crippen molar-refractivity contribution < 1.29 is 19.2 Å². The second-order valence-electron chi connectivity index (χ2n) is 5.64. The number of rotatable bonds is 15. The van der Waals surface area contributed by atoms with Crippen LogP contribution in [0.2, 0.25) is 0 Å². The van der Waals surface area contributed by atoms with Gasteiger partial charge in [-0.3, -0.25) is 24.5 Å². The fourth-order valence-electron chi connectivity index (χ4n) is 2.01. The number of primary amides is 1. The Kier molecular flexibility index (Phi) is 14.0. The van der Waals surface area contributed by atoms with Crippen molar-refractivity contribution in [3.63, 3.8) is 0 Å². The topological polar surface area (TPSA) is 142 Å². The highest BCUT2D eigenvalue weighted by Crippen LogP contribution is 1.97. The minimum absolute atomic E-state index is 0.0267. The largest absolute Gasteiger partial charge is 0.370 e. The average Bonchev–Trinajstić information content (AvgIpc) is 2.55. The Bertz CT molecular complexity index is 429. The smallest absolute Gasteiger partial charge is 0.233 e. The van der Waals surface area contributed by atoms with Crippen LogP contribution in [0.5, 0.6) is 0 Å². The van der Waals surface area contributed by atoms with Crippen molar-refractivity contribution in [1.82, 2.24) is 21.3 Å². The molecule has 144 valence electrons. The maximum Gasteiger partial charge on any atom is 0.233 e. The van der Waals surface area contributed by atoms with Gasteiger partial charge in [0.2, 0.25) is 23.6 Å². The molecule has 9 nitrogen and oxygen atoms in total. The molecule has 0 saturated heterocycles. The fourth-order valence-corrected chi connectivity index (χ4v) is 2.01. The first-order valence-corrected chi connectivity index (χ1v) is 8.74. The van der Waals surface area contributed by atoms with Crippen molar-refractivity contribution in [2.24, 2.45) is 5.73 Å². The summed E-state index contributed by atoms with van der Waals surface area (Å²) < 4.78 is 0. The number of amides is 4.